The molecule has 2 nitrogen and oxygen atoms in total. The molecule has 82 valence electrons. The van der Waals surface area contributed by atoms with Gasteiger partial charge in [-0.15, -0.1) is 5.75 Å². The number of aromatic nitrogens is 1. The maximum Gasteiger partial charge on any atom is 0.218 e. The van der Waals surface area contributed by atoms with Crippen LogP contribution < -0.4 is 9.67 Å². The highest BCUT2D eigenvalue weighted by atomic mass is 16.3. The Hall–Kier alpha value is -2.35. The van der Waals surface area contributed by atoms with Crippen molar-refractivity contribution in [2.75, 3.05) is 0 Å². The summed E-state index contributed by atoms with van der Waals surface area (Å²) >= 11 is 0. The van der Waals surface area contributed by atoms with Crippen LogP contribution in [0.4, 0.5) is 0 Å². The van der Waals surface area contributed by atoms with Crippen molar-refractivity contribution in [1.82, 2.24) is 0 Å². The second kappa shape index (κ2) is 3.91. The van der Waals surface area contributed by atoms with Crippen LogP contribution in [0, 0.1) is 0 Å². The minimum Gasteiger partial charge on any atom is -0.872 e. The van der Waals surface area contributed by atoms with Crippen molar-refractivity contribution in [2.24, 2.45) is 0 Å². The van der Waals surface area contributed by atoms with Gasteiger partial charge in [0.2, 0.25) is 11.2 Å². The molecule has 0 spiro atoms. The van der Waals surface area contributed by atoms with Gasteiger partial charge in [0.25, 0.3) is 0 Å². The molecule has 3 rings (SSSR count). The summed E-state index contributed by atoms with van der Waals surface area (Å²) in [5.41, 5.74) is 2.13. The smallest absolute Gasteiger partial charge is 0.218 e. The molecule has 0 radical (unpaired) electrons. The second-order valence-corrected chi connectivity index (χ2v) is 3.93. The zero-order chi connectivity index (χ0) is 11.7. The fourth-order valence-electron chi connectivity index (χ4n) is 1.99. The van der Waals surface area contributed by atoms with Crippen LogP contribution in [0.25, 0.3) is 16.6 Å². The van der Waals surface area contributed by atoms with E-state index in [4.69, 9.17) is 0 Å². The van der Waals surface area contributed by atoms with Crippen molar-refractivity contribution in [3.05, 3.63) is 66.9 Å². The van der Waals surface area contributed by atoms with E-state index in [-0.39, 0.29) is 5.75 Å². The molecule has 0 bridgehead atoms. The van der Waals surface area contributed by atoms with Gasteiger partial charge in [0.1, 0.15) is 0 Å². The van der Waals surface area contributed by atoms with Crippen molar-refractivity contribution >= 4 is 10.9 Å². The predicted molar refractivity (Wildman–Crippen MR) is 64.9 cm³/mol. The molecular weight excluding hydrogens is 210 g/mol. The predicted octanol–water partition coefficient (Wildman–Crippen LogP) is 2.19. The van der Waals surface area contributed by atoms with Crippen molar-refractivity contribution in [1.29, 1.82) is 0 Å². The van der Waals surface area contributed by atoms with Crippen LogP contribution in [0.5, 0.6) is 5.75 Å². The van der Waals surface area contributed by atoms with Crippen molar-refractivity contribution in [2.45, 2.75) is 0 Å². The molecule has 1 heterocycles. The molecule has 2 aromatic carbocycles. The first-order valence-electron chi connectivity index (χ1n) is 5.51. The number of nitrogens with zero attached hydrogens (tertiary/aromatic N) is 1. The molecule has 3 aromatic rings. The van der Waals surface area contributed by atoms with Gasteiger partial charge >= 0.3 is 0 Å². The van der Waals surface area contributed by atoms with E-state index in [9.17, 15) is 5.11 Å². The van der Waals surface area contributed by atoms with Crippen LogP contribution in [-0.2, 0) is 0 Å². The Balaban J connectivity index is 2.27. The Morgan fingerprint density at radius 2 is 1.47 bits per heavy atom. The Bertz CT molecular complexity index is 654. The van der Waals surface area contributed by atoms with E-state index < -0.39 is 0 Å². The normalized spacial score (nSPS) is 10.6. The number of pyridine rings is 1. The Morgan fingerprint density at radius 1 is 0.765 bits per heavy atom. The molecular formula is C15H11NO. The number of hydrogen-bond donors (Lipinski definition) is 0. The second-order valence-electron chi connectivity index (χ2n) is 3.93. The molecule has 0 saturated carbocycles. The van der Waals surface area contributed by atoms with E-state index in [2.05, 4.69) is 22.8 Å². The summed E-state index contributed by atoms with van der Waals surface area (Å²) in [4.78, 5) is 0. The van der Waals surface area contributed by atoms with Crippen molar-refractivity contribution < 1.29 is 9.67 Å². The Labute approximate surface area is 99.4 Å². The van der Waals surface area contributed by atoms with Gasteiger partial charge in [-0.1, -0.05) is 24.3 Å². The highest BCUT2D eigenvalue weighted by Crippen LogP contribution is 2.12. The fraction of sp³-hybridized carbons (Fsp3) is 0. The highest BCUT2D eigenvalue weighted by molar-refractivity contribution is 5.75. The molecule has 0 fully saturated rings. The monoisotopic (exact) mass is 221 g/mol. The standard InChI is InChI=1S/C15H11NO/c17-14-9-7-13(8-10-14)16-11-3-5-12-4-1-2-6-15(12)16/h1-11H. The third kappa shape index (κ3) is 1.74. The molecule has 2 heteroatoms. The number of para-hydroxylation sites is 1. The quantitative estimate of drug-likeness (QED) is 0.579. The number of hydrogen-bond acceptors (Lipinski definition) is 1. The SMILES string of the molecule is [O-]c1ccc(-[n+]2cccc3ccccc32)cc1. The molecule has 0 saturated heterocycles. The van der Waals surface area contributed by atoms with Gasteiger partial charge in [-0.25, -0.2) is 0 Å². The van der Waals surface area contributed by atoms with E-state index >= 15 is 0 Å². The number of rotatable bonds is 1. The third-order valence-corrected chi connectivity index (χ3v) is 2.82. The van der Waals surface area contributed by atoms with Gasteiger partial charge in [0, 0.05) is 29.7 Å². The summed E-state index contributed by atoms with van der Waals surface area (Å²) in [5, 5.41) is 12.3. The third-order valence-electron chi connectivity index (χ3n) is 2.82. The summed E-state index contributed by atoms with van der Waals surface area (Å²) in [5.74, 6) is 0.0367. The van der Waals surface area contributed by atoms with Crippen LogP contribution in [0.3, 0.4) is 0 Å². The fourth-order valence-corrected chi connectivity index (χ4v) is 1.99. The van der Waals surface area contributed by atoms with Crippen LogP contribution >= 0.6 is 0 Å². The summed E-state index contributed by atoms with van der Waals surface area (Å²) in [7, 11) is 0. The van der Waals surface area contributed by atoms with E-state index in [1.54, 1.807) is 12.1 Å². The van der Waals surface area contributed by atoms with E-state index in [0.717, 1.165) is 11.2 Å². The molecule has 0 N–H and O–H groups in total. The topological polar surface area (TPSA) is 26.9 Å². The largest absolute Gasteiger partial charge is 0.872 e. The Kier molecular flexibility index (Phi) is 2.26. The average molecular weight is 221 g/mol. The molecule has 17 heavy (non-hydrogen) atoms. The van der Waals surface area contributed by atoms with Gasteiger partial charge in [-0.2, -0.15) is 4.57 Å². The maximum atomic E-state index is 11.1. The molecule has 0 unspecified atom stereocenters. The van der Waals surface area contributed by atoms with Gasteiger partial charge in [0.05, 0.1) is 0 Å². The molecule has 0 amide bonds. The van der Waals surface area contributed by atoms with Crippen molar-refractivity contribution in [3.8, 4) is 11.4 Å². The highest BCUT2D eigenvalue weighted by Gasteiger charge is 2.09. The van der Waals surface area contributed by atoms with Crippen LogP contribution in [0.15, 0.2) is 66.9 Å². The zero-order valence-corrected chi connectivity index (χ0v) is 9.21. The van der Waals surface area contributed by atoms with E-state index in [0.29, 0.717) is 0 Å². The summed E-state index contributed by atoms with van der Waals surface area (Å²) in [6, 6.07) is 19.1. The molecule has 0 atom stereocenters. The van der Waals surface area contributed by atoms with Crippen LogP contribution in [0.2, 0.25) is 0 Å². The first-order valence-corrected chi connectivity index (χ1v) is 5.51. The van der Waals surface area contributed by atoms with E-state index in [1.807, 2.05) is 36.5 Å². The summed E-state index contributed by atoms with van der Waals surface area (Å²) in [6.45, 7) is 0. The summed E-state index contributed by atoms with van der Waals surface area (Å²) < 4.78 is 2.08. The van der Waals surface area contributed by atoms with Crippen LogP contribution in [-0.4, -0.2) is 0 Å². The van der Waals surface area contributed by atoms with Crippen molar-refractivity contribution in [3.63, 3.8) is 0 Å². The lowest BCUT2D eigenvalue weighted by molar-refractivity contribution is -0.567. The van der Waals surface area contributed by atoms with Gasteiger partial charge in [-0.3, -0.25) is 0 Å². The Morgan fingerprint density at radius 3 is 2.29 bits per heavy atom. The average Bonchev–Trinajstić information content (AvgIpc) is 2.39. The zero-order valence-electron chi connectivity index (χ0n) is 9.21. The number of benzene rings is 2. The van der Waals surface area contributed by atoms with E-state index in [1.165, 1.54) is 5.39 Å². The lowest BCUT2D eigenvalue weighted by atomic mass is 10.2. The lowest BCUT2D eigenvalue weighted by Crippen LogP contribution is -2.30. The molecule has 0 aliphatic carbocycles. The number of fused-ring (bicyclic) bond motifs is 1. The molecule has 1 aromatic heterocycles. The first-order chi connectivity index (χ1) is 8.34. The van der Waals surface area contributed by atoms with Crippen LogP contribution in [0.1, 0.15) is 0 Å². The summed E-state index contributed by atoms with van der Waals surface area (Å²) in [6.07, 6.45) is 2.00. The van der Waals surface area contributed by atoms with Gasteiger partial charge < -0.3 is 5.11 Å². The van der Waals surface area contributed by atoms with Gasteiger partial charge in [-0.05, 0) is 12.1 Å². The molecule has 0 aliphatic rings. The molecule has 0 aliphatic heterocycles. The minimum atomic E-state index is 0.0367. The minimum absolute atomic E-state index is 0.0367. The van der Waals surface area contributed by atoms with Gasteiger partial charge in [0.15, 0.2) is 6.20 Å². The lowest BCUT2D eigenvalue weighted by Gasteiger charge is -2.04. The maximum absolute atomic E-state index is 11.1. The first kappa shape index (κ1) is 9.85.